The van der Waals surface area contributed by atoms with Gasteiger partial charge in [-0.15, -0.1) is 0 Å². The summed E-state index contributed by atoms with van der Waals surface area (Å²) in [6.07, 6.45) is 6.33. The molecular formula is C25H29N3O5. The van der Waals surface area contributed by atoms with Crippen molar-refractivity contribution in [2.75, 3.05) is 19.5 Å². The smallest absolute Gasteiger partial charge is 0.411 e. The van der Waals surface area contributed by atoms with Crippen LogP contribution in [0.5, 0.6) is 23.1 Å². The van der Waals surface area contributed by atoms with Gasteiger partial charge in [-0.1, -0.05) is 6.42 Å². The Kier molecular flexibility index (Phi) is 6.82. The van der Waals surface area contributed by atoms with Gasteiger partial charge in [0.2, 0.25) is 5.88 Å². The fourth-order valence-corrected chi connectivity index (χ4v) is 4.05. The molecule has 1 aliphatic carbocycles. The highest BCUT2D eigenvalue weighted by Gasteiger charge is 2.19. The Hall–Kier alpha value is -3.55. The number of amides is 1. The molecule has 0 unspecified atom stereocenters. The van der Waals surface area contributed by atoms with Gasteiger partial charge in [0.05, 0.1) is 25.1 Å². The maximum atomic E-state index is 12.4. The van der Waals surface area contributed by atoms with Gasteiger partial charge in [-0.05, 0) is 68.9 Å². The topological polar surface area (TPSA) is 91.8 Å². The van der Waals surface area contributed by atoms with Crippen LogP contribution in [-0.2, 0) is 4.74 Å². The predicted molar refractivity (Wildman–Crippen MR) is 126 cm³/mol. The van der Waals surface area contributed by atoms with Gasteiger partial charge in [-0.2, -0.15) is 0 Å². The van der Waals surface area contributed by atoms with Crippen LogP contribution >= 0.6 is 0 Å². The molecule has 3 aromatic rings. The van der Waals surface area contributed by atoms with Crippen LogP contribution < -0.4 is 19.5 Å². The summed E-state index contributed by atoms with van der Waals surface area (Å²) in [5.74, 6) is 2.18. The second kappa shape index (κ2) is 9.94. The number of benzene rings is 2. The molecule has 8 nitrogen and oxygen atoms in total. The number of aromatic nitrogens is 2. The van der Waals surface area contributed by atoms with E-state index in [9.17, 15) is 4.79 Å². The monoisotopic (exact) mass is 451 g/mol. The predicted octanol–water partition coefficient (Wildman–Crippen LogP) is 5.94. The van der Waals surface area contributed by atoms with Gasteiger partial charge in [0.1, 0.15) is 18.2 Å². The Morgan fingerprint density at radius 2 is 1.64 bits per heavy atom. The Morgan fingerprint density at radius 3 is 2.36 bits per heavy atom. The lowest BCUT2D eigenvalue weighted by Gasteiger charge is -2.22. The molecule has 1 saturated carbocycles. The number of fused-ring (bicyclic) bond motifs is 1. The largest absolute Gasteiger partial charge is 0.493 e. The zero-order chi connectivity index (χ0) is 23.4. The molecule has 1 aromatic heterocycles. The van der Waals surface area contributed by atoms with Crippen molar-refractivity contribution in [3.8, 4) is 23.1 Å². The highest BCUT2D eigenvalue weighted by molar-refractivity contribution is 5.88. The standard InChI is InChI=1S/C25H29N3O5/c1-15-11-21(16(2)10-19(15)28-25(29)32-17-8-6-5-7-9-17)33-24-18-12-22(30-3)23(31-4)13-20(18)26-14-27-24/h10-14,17H,5-9H2,1-4H3,(H,28,29). The van der Waals surface area contributed by atoms with E-state index in [1.807, 2.05) is 26.0 Å². The van der Waals surface area contributed by atoms with E-state index < -0.39 is 6.09 Å². The summed E-state index contributed by atoms with van der Waals surface area (Å²) in [5.41, 5.74) is 3.07. The van der Waals surface area contributed by atoms with Crippen LogP contribution in [0.2, 0.25) is 0 Å². The molecule has 0 spiro atoms. The lowest BCUT2D eigenvalue weighted by molar-refractivity contribution is 0.0865. The number of hydrogen-bond donors (Lipinski definition) is 1. The minimum absolute atomic E-state index is 0.00409. The van der Waals surface area contributed by atoms with Gasteiger partial charge in [-0.25, -0.2) is 14.8 Å². The fraction of sp³-hybridized carbons (Fsp3) is 0.400. The minimum Gasteiger partial charge on any atom is -0.493 e. The summed E-state index contributed by atoms with van der Waals surface area (Å²) >= 11 is 0. The lowest BCUT2D eigenvalue weighted by atomic mass is 9.98. The maximum Gasteiger partial charge on any atom is 0.411 e. The van der Waals surface area contributed by atoms with Crippen LogP contribution in [0.15, 0.2) is 30.6 Å². The van der Waals surface area contributed by atoms with Gasteiger partial charge in [0, 0.05) is 11.8 Å². The number of aryl methyl sites for hydroxylation is 2. The van der Waals surface area contributed by atoms with Gasteiger partial charge in [0.25, 0.3) is 0 Å². The molecule has 1 aliphatic rings. The van der Waals surface area contributed by atoms with Crippen molar-refractivity contribution in [3.63, 3.8) is 0 Å². The number of nitrogens with one attached hydrogen (secondary N) is 1. The average molecular weight is 452 g/mol. The van der Waals surface area contributed by atoms with E-state index >= 15 is 0 Å². The molecular weight excluding hydrogens is 422 g/mol. The molecule has 1 amide bonds. The van der Waals surface area contributed by atoms with Crippen molar-refractivity contribution in [2.45, 2.75) is 52.1 Å². The Labute approximate surface area is 193 Å². The molecule has 0 saturated heterocycles. The third kappa shape index (κ3) is 5.10. The molecule has 1 heterocycles. The third-order valence-corrected chi connectivity index (χ3v) is 5.90. The van der Waals surface area contributed by atoms with E-state index in [2.05, 4.69) is 15.3 Å². The van der Waals surface area contributed by atoms with Gasteiger partial charge in [0.15, 0.2) is 11.5 Å². The molecule has 33 heavy (non-hydrogen) atoms. The van der Waals surface area contributed by atoms with Crippen molar-refractivity contribution in [1.82, 2.24) is 9.97 Å². The summed E-state index contributed by atoms with van der Waals surface area (Å²) in [6, 6.07) is 7.33. The molecule has 0 atom stereocenters. The van der Waals surface area contributed by atoms with Crippen LogP contribution in [0.25, 0.3) is 10.9 Å². The van der Waals surface area contributed by atoms with E-state index in [0.717, 1.165) is 36.8 Å². The number of carbonyl (C=O) groups is 1. The number of nitrogens with zero attached hydrogens (tertiary/aromatic N) is 2. The van der Waals surface area contributed by atoms with E-state index in [1.54, 1.807) is 26.4 Å². The number of rotatable bonds is 6. The summed E-state index contributed by atoms with van der Waals surface area (Å²) in [6.45, 7) is 3.83. The molecule has 1 fully saturated rings. The first-order valence-corrected chi connectivity index (χ1v) is 11.1. The second-order valence-corrected chi connectivity index (χ2v) is 8.23. The highest BCUT2D eigenvalue weighted by Crippen LogP contribution is 2.37. The number of methoxy groups -OCH3 is 2. The van der Waals surface area contributed by atoms with Crippen molar-refractivity contribution in [3.05, 3.63) is 41.7 Å². The lowest BCUT2D eigenvalue weighted by Crippen LogP contribution is -2.24. The normalized spacial score (nSPS) is 14.1. The molecule has 0 radical (unpaired) electrons. The zero-order valence-electron chi connectivity index (χ0n) is 19.4. The molecule has 1 N–H and O–H groups in total. The van der Waals surface area contributed by atoms with Gasteiger partial charge < -0.3 is 18.9 Å². The van der Waals surface area contributed by atoms with Crippen LogP contribution in [-0.4, -0.2) is 36.4 Å². The maximum absolute atomic E-state index is 12.4. The van der Waals surface area contributed by atoms with Crippen LogP contribution in [0.1, 0.15) is 43.2 Å². The van der Waals surface area contributed by atoms with Crippen LogP contribution in [0.4, 0.5) is 10.5 Å². The summed E-state index contributed by atoms with van der Waals surface area (Å²) in [5, 5.41) is 3.57. The van der Waals surface area contributed by atoms with Crippen LogP contribution in [0, 0.1) is 13.8 Å². The van der Waals surface area contributed by atoms with E-state index in [1.165, 1.54) is 12.7 Å². The molecule has 8 heteroatoms. The van der Waals surface area contributed by atoms with E-state index in [4.69, 9.17) is 18.9 Å². The average Bonchev–Trinajstić information content (AvgIpc) is 2.82. The van der Waals surface area contributed by atoms with Crippen molar-refractivity contribution in [2.24, 2.45) is 0 Å². The molecule has 2 aromatic carbocycles. The van der Waals surface area contributed by atoms with Crippen molar-refractivity contribution in [1.29, 1.82) is 0 Å². The first-order valence-electron chi connectivity index (χ1n) is 11.1. The number of anilines is 1. The molecule has 0 bridgehead atoms. The highest BCUT2D eigenvalue weighted by atomic mass is 16.6. The summed E-state index contributed by atoms with van der Waals surface area (Å²) in [4.78, 5) is 21.0. The first kappa shape index (κ1) is 22.6. The Bertz CT molecular complexity index is 1160. The zero-order valence-corrected chi connectivity index (χ0v) is 19.4. The molecule has 0 aliphatic heterocycles. The van der Waals surface area contributed by atoms with Gasteiger partial charge >= 0.3 is 6.09 Å². The van der Waals surface area contributed by atoms with Crippen LogP contribution in [0.3, 0.4) is 0 Å². The minimum atomic E-state index is -0.416. The fourth-order valence-electron chi connectivity index (χ4n) is 4.05. The van der Waals surface area contributed by atoms with Crippen molar-refractivity contribution < 1.29 is 23.7 Å². The van der Waals surface area contributed by atoms with Crippen molar-refractivity contribution >= 4 is 22.7 Å². The second-order valence-electron chi connectivity index (χ2n) is 8.23. The quantitative estimate of drug-likeness (QED) is 0.496. The summed E-state index contributed by atoms with van der Waals surface area (Å²) in [7, 11) is 3.15. The molecule has 4 rings (SSSR count). The number of hydrogen-bond acceptors (Lipinski definition) is 7. The molecule has 174 valence electrons. The number of carbonyl (C=O) groups excluding carboxylic acids is 1. The third-order valence-electron chi connectivity index (χ3n) is 5.90. The summed E-state index contributed by atoms with van der Waals surface area (Å²) < 4.78 is 22.5. The first-order chi connectivity index (χ1) is 16.0. The van der Waals surface area contributed by atoms with E-state index in [-0.39, 0.29) is 6.10 Å². The van der Waals surface area contributed by atoms with E-state index in [0.29, 0.717) is 39.7 Å². The Balaban J connectivity index is 1.55. The van der Waals surface area contributed by atoms with Gasteiger partial charge in [-0.3, -0.25) is 5.32 Å². The SMILES string of the molecule is COc1cc2ncnc(Oc3cc(C)c(NC(=O)OC4CCCCC4)cc3C)c2cc1OC. The Morgan fingerprint density at radius 1 is 0.909 bits per heavy atom. The number of ether oxygens (including phenoxy) is 4.